The predicted octanol–water partition coefficient (Wildman–Crippen LogP) is -20.9. The topological polar surface area (TPSA) is 817 Å². The number of carbonyl (C=O) groups is 5. The number of carbonyl (C=O) groups excluding carboxylic acids is 5. The van der Waals surface area contributed by atoms with Gasteiger partial charge in [-0.05, 0) is 0 Å². The van der Waals surface area contributed by atoms with Crippen molar-refractivity contribution in [3.8, 4) is 0 Å². The van der Waals surface area contributed by atoms with Gasteiger partial charge in [0.25, 0.3) is 0 Å². The highest BCUT2D eigenvalue weighted by molar-refractivity contribution is 5.74. The maximum absolute atomic E-state index is 12.8. The fraction of sp³-hybridized carbons (Fsp3) is 0.924. The van der Waals surface area contributed by atoms with Gasteiger partial charge in [0.2, 0.25) is 30.0 Å². The fourth-order valence-electron chi connectivity index (χ4n) is 14.9. The number of nitrogens with one attached hydrogen (secondary N) is 5. The number of hydrogen-bond donors (Lipinski definition) is 30. The smallest absolute Gasteiger partial charge is 0.217 e. The van der Waals surface area contributed by atoms with E-state index in [1.807, 2.05) is 0 Å². The molecule has 119 heavy (non-hydrogen) atoms. The highest BCUT2D eigenvalue weighted by Gasteiger charge is 2.60. The number of hydrogen-bond acceptors (Lipinski definition) is 48. The van der Waals surface area contributed by atoms with E-state index in [1.165, 1.54) is 0 Å². The molecule has 9 heterocycles. The molecule has 0 radical (unpaired) electrons. The average molecular weight is 1740 g/mol. The Hall–Kier alpha value is -4.37. The lowest BCUT2D eigenvalue weighted by Gasteiger charge is -2.50. The van der Waals surface area contributed by atoms with Crippen molar-refractivity contribution in [3.05, 3.63) is 0 Å². The van der Waals surface area contributed by atoms with Gasteiger partial charge in [0.1, 0.15) is 219 Å². The Labute approximate surface area is 674 Å². The van der Waals surface area contributed by atoms with E-state index in [1.54, 1.807) is 0 Å². The average Bonchev–Trinajstić information content (AvgIpc) is 0.767. The first-order valence-corrected chi connectivity index (χ1v) is 37.8. The Morgan fingerprint density at radius 3 is 0.874 bits per heavy atom. The molecule has 0 bridgehead atoms. The maximum Gasteiger partial charge on any atom is 0.217 e. The van der Waals surface area contributed by atoms with Crippen molar-refractivity contribution in [1.82, 2.24) is 26.6 Å². The highest BCUT2D eigenvalue weighted by Crippen LogP contribution is 2.39. The summed E-state index contributed by atoms with van der Waals surface area (Å²) in [6, 6.07) is -7.91. The van der Waals surface area contributed by atoms with Crippen LogP contribution in [0.25, 0.3) is 0 Å². The predicted molar refractivity (Wildman–Crippen MR) is 367 cm³/mol. The molecular weight excluding hydrogens is 1630 g/mol. The molecule has 53 nitrogen and oxygen atoms in total. The lowest BCUT2D eigenvalue weighted by molar-refractivity contribution is -0.382. The minimum absolute atomic E-state index is 0.258. The van der Waals surface area contributed by atoms with E-state index in [4.69, 9.17) is 85.3 Å². The summed E-state index contributed by atoms with van der Waals surface area (Å²) in [6.45, 7) is -5.94. The van der Waals surface area contributed by atoms with E-state index in [0.717, 1.165) is 27.7 Å². The van der Waals surface area contributed by atoms with Crippen LogP contribution in [-0.2, 0) is 109 Å². The molecule has 9 fully saturated rings. The zero-order valence-electron chi connectivity index (χ0n) is 64.0. The largest absolute Gasteiger partial charge is 0.394 e. The summed E-state index contributed by atoms with van der Waals surface area (Å²) in [5.41, 5.74) is 0. The van der Waals surface area contributed by atoms with Gasteiger partial charge in [0.15, 0.2) is 56.6 Å². The van der Waals surface area contributed by atoms with E-state index >= 15 is 0 Å². The van der Waals surface area contributed by atoms with Crippen LogP contribution in [0.4, 0.5) is 0 Å². The Balaban J connectivity index is 0.829. The van der Waals surface area contributed by atoms with Crippen molar-refractivity contribution in [3.63, 3.8) is 0 Å². The second-order valence-corrected chi connectivity index (χ2v) is 29.7. The number of ether oxygens (including phenoxy) is 18. The van der Waals surface area contributed by atoms with E-state index in [2.05, 4.69) is 26.6 Å². The van der Waals surface area contributed by atoms with E-state index in [0.29, 0.717) is 0 Å². The third kappa shape index (κ3) is 22.9. The Morgan fingerprint density at radius 2 is 0.538 bits per heavy atom. The summed E-state index contributed by atoms with van der Waals surface area (Å²) in [5.74, 6) is -3.39. The third-order valence-corrected chi connectivity index (χ3v) is 21.3. The molecule has 0 aromatic rings. The summed E-state index contributed by atoms with van der Waals surface area (Å²) < 4.78 is 104. The molecule has 9 rings (SSSR count). The molecular formula is C66H111N5O48. The van der Waals surface area contributed by atoms with Crippen molar-refractivity contribution in [2.45, 2.75) is 310 Å². The van der Waals surface area contributed by atoms with Crippen LogP contribution >= 0.6 is 0 Å². The van der Waals surface area contributed by atoms with Crippen LogP contribution in [0.5, 0.6) is 0 Å². The zero-order chi connectivity index (χ0) is 87.6. The van der Waals surface area contributed by atoms with Crippen LogP contribution in [0, 0.1) is 0 Å². The van der Waals surface area contributed by atoms with Gasteiger partial charge in [-0.15, -0.1) is 0 Å². The van der Waals surface area contributed by atoms with E-state index < -0.39 is 378 Å². The van der Waals surface area contributed by atoms with Gasteiger partial charge in [-0.3, -0.25) is 24.0 Å². The van der Waals surface area contributed by atoms with E-state index in [9.17, 15) is 152 Å². The number of aliphatic hydroxyl groups is 25. The number of amides is 5. The molecule has 9 saturated heterocycles. The fourth-order valence-corrected chi connectivity index (χ4v) is 14.9. The van der Waals surface area contributed by atoms with Crippen LogP contribution in [0.3, 0.4) is 0 Å². The molecule has 688 valence electrons. The number of aliphatic hydroxyl groups excluding tert-OH is 25. The summed E-state index contributed by atoms with van der Waals surface area (Å²) >= 11 is 0. The third-order valence-electron chi connectivity index (χ3n) is 21.3. The Morgan fingerprint density at radius 1 is 0.277 bits per heavy atom. The van der Waals surface area contributed by atoms with Gasteiger partial charge >= 0.3 is 0 Å². The van der Waals surface area contributed by atoms with Gasteiger partial charge in [-0.2, -0.15) is 0 Å². The molecule has 0 spiro atoms. The lowest BCUT2D eigenvalue weighted by atomic mass is 9.94. The summed E-state index contributed by atoms with van der Waals surface area (Å²) in [6.07, 6.45) is -80.2. The van der Waals surface area contributed by atoms with Crippen LogP contribution in [0.15, 0.2) is 0 Å². The van der Waals surface area contributed by atoms with Crippen LogP contribution in [0.1, 0.15) is 27.7 Å². The summed E-state index contributed by atoms with van der Waals surface area (Å²) in [5, 5.41) is 287. The van der Waals surface area contributed by atoms with Crippen LogP contribution < -0.4 is 26.6 Å². The van der Waals surface area contributed by atoms with E-state index in [-0.39, 0.29) is 6.41 Å². The van der Waals surface area contributed by atoms with Gasteiger partial charge in [0, 0.05) is 27.7 Å². The quantitative estimate of drug-likeness (QED) is 0.0262. The molecule has 0 saturated carbocycles. The lowest BCUT2D eigenvalue weighted by Crippen LogP contribution is -2.70. The minimum Gasteiger partial charge on any atom is -0.394 e. The van der Waals surface area contributed by atoms with Crippen molar-refractivity contribution in [1.29, 1.82) is 0 Å². The van der Waals surface area contributed by atoms with Gasteiger partial charge in [-0.25, -0.2) is 0 Å². The normalized spacial score (nSPS) is 46.9. The van der Waals surface area contributed by atoms with Crippen molar-refractivity contribution in [2.24, 2.45) is 0 Å². The molecule has 5 amide bonds. The molecule has 53 heteroatoms. The molecule has 9 aliphatic rings. The second kappa shape index (κ2) is 44.2. The maximum atomic E-state index is 12.8. The van der Waals surface area contributed by atoms with Gasteiger partial charge in [0.05, 0.1) is 78.7 Å². The zero-order valence-corrected chi connectivity index (χ0v) is 64.0. The van der Waals surface area contributed by atoms with Crippen molar-refractivity contribution < 1.29 is 237 Å². The van der Waals surface area contributed by atoms with Crippen LogP contribution in [-0.4, -0.2) is 513 Å². The molecule has 0 aromatic heterocycles. The van der Waals surface area contributed by atoms with Crippen molar-refractivity contribution >= 4 is 30.0 Å². The summed E-state index contributed by atoms with van der Waals surface area (Å²) in [4.78, 5) is 61.3. The molecule has 0 unspecified atom stereocenters. The van der Waals surface area contributed by atoms with Crippen LogP contribution in [0.2, 0.25) is 0 Å². The highest BCUT2D eigenvalue weighted by atomic mass is 16.8. The van der Waals surface area contributed by atoms with Gasteiger partial charge in [-0.1, -0.05) is 0 Å². The first kappa shape index (κ1) is 98.4. The first-order chi connectivity index (χ1) is 56.4. The van der Waals surface area contributed by atoms with Gasteiger partial charge < -0.3 is 240 Å². The first-order valence-electron chi connectivity index (χ1n) is 37.8. The molecule has 46 atom stereocenters. The Kier molecular flexibility index (Phi) is 36.5. The molecule has 0 aromatic carbocycles. The standard InChI is InChI=1S/C66H111N5O48/c1-17(80)68-31-40(89)35(84)22(6-73)106-58(31)103-13-28-36(85)44(93)48(97)63(112-28)115-53-24(8-75)108-59(32(41(53)90)69-18(2)81)104-14-29-37(86)45(94)49(98)64(113-29)116-54-25(9-76)109-60(33(42(54)91)70-19(3)82)105-15-30-38(87)46(95)50(99)65(114-30)117-55-26(10-77)110-61(34(43(55)92)71-20(4)83)119-57-39(88)23(7-74)107-66(52(57)101)118-56-27(11-78)111-62(51(100)47(56)96)102-12-21(5-72)67-16-79/h16,21-66,72-78,84-101H,5-15H2,1-4H3,(H,67,79)(H,68,80)(H,69,81)(H,70,82)(H,71,83)/t21-,22-,23-,24-,25-,26-,27-,28-,29-,30-,31-,32-,33-,34-,35-,36+,37+,38+,39+,40-,41-,42-,43-,44+,45+,46+,47-,48-,49-,50-,51-,52-,53-,54-,55-,56-,57+,58-,59-,60-,61+,62-,63+,64+,65+,66+/m1/s1. The van der Waals surface area contributed by atoms with Crippen molar-refractivity contribution in [2.75, 3.05) is 72.7 Å². The molecule has 0 aliphatic carbocycles. The molecule has 30 N–H and O–H groups in total. The second-order valence-electron chi connectivity index (χ2n) is 29.7. The SMILES string of the molecule is CC(=O)N[C@H]1[C@H](OC[C@H]2O[C@@H](O[C@H]3[C@H](O)[C@@H](NC(C)=O)[C@H](O[C@H]4[C@@H](O)[C@@H](CO)O[C@@H](O[C@H]5[C@H](O)[C@@H](O)[C@H](OC[C@@H](CO)NC=O)O[C@@H]5CO)[C@@H]4O)O[C@@H]3CO)[C@H](O)[C@@H](O)[C@H]2O)O[C@H](CO)[C@@H](O[C@@H]2O[C@H](CO[C@@H]3O[C@H](CO)[C@@H](O[C@@H]4O[C@H](CO[C@@H]5O[C@H](CO)[C@@H](O)[C@H](O)[C@H]5NC(C)=O)[C@H](O)[C@H](O)[C@H]4O)[C@H](O)[C@H]3NC(C)=O)[C@H](O)[C@H](O)[C@H]2O)[C@@H]1O. The molecule has 9 aliphatic heterocycles. The Bertz CT molecular complexity index is 3160. The minimum atomic E-state index is -2.26. The summed E-state index contributed by atoms with van der Waals surface area (Å²) in [7, 11) is 0. The monoisotopic (exact) mass is 1740 g/mol. The number of rotatable bonds is 35.